The average molecular weight is 419 g/mol. The number of aromatic nitrogens is 1. The summed E-state index contributed by atoms with van der Waals surface area (Å²) < 4.78 is 6.87. The summed E-state index contributed by atoms with van der Waals surface area (Å²) in [6.45, 7) is 1.26. The molecular weight excluding hydrogens is 400 g/mol. The summed E-state index contributed by atoms with van der Waals surface area (Å²) in [6, 6.07) is 13.1. The summed E-state index contributed by atoms with van der Waals surface area (Å²) in [5.41, 5.74) is 1.55. The first-order valence-corrected chi connectivity index (χ1v) is 11.2. The van der Waals surface area contributed by atoms with Crippen molar-refractivity contribution in [2.45, 2.75) is 23.8 Å². The van der Waals surface area contributed by atoms with Crippen LogP contribution in [-0.2, 0) is 4.74 Å². The molecule has 3 aromatic rings. The van der Waals surface area contributed by atoms with Crippen LogP contribution in [0, 0.1) is 0 Å². The molecule has 0 aliphatic carbocycles. The lowest BCUT2D eigenvalue weighted by atomic mass is 10.2. The molecule has 0 unspecified atom stereocenters. The Balaban J connectivity index is 1.73. The van der Waals surface area contributed by atoms with Crippen molar-refractivity contribution in [2.24, 2.45) is 0 Å². The van der Waals surface area contributed by atoms with Gasteiger partial charge in [-0.15, -0.1) is 11.8 Å². The van der Waals surface area contributed by atoms with E-state index >= 15 is 0 Å². The standard InChI is InChI=1S/C20H19ClN2O2S2/c1-26-16-5-2-6-17-18(16)22-20(27-17)23(12-15-4-3-11-25-15)19(24)13-7-9-14(21)10-8-13/h2,5-10,15H,3-4,11-12H2,1H3/t15-/m0/s1. The van der Waals surface area contributed by atoms with Crippen LogP contribution in [0.1, 0.15) is 23.2 Å². The number of halogens is 1. The molecule has 2 aromatic carbocycles. The molecule has 4 rings (SSSR count). The van der Waals surface area contributed by atoms with Crippen LogP contribution in [0.5, 0.6) is 0 Å². The topological polar surface area (TPSA) is 42.4 Å². The molecule has 1 fully saturated rings. The molecule has 4 nitrogen and oxygen atoms in total. The fourth-order valence-corrected chi connectivity index (χ4v) is 4.93. The van der Waals surface area contributed by atoms with Gasteiger partial charge >= 0.3 is 0 Å². The van der Waals surface area contributed by atoms with Crippen molar-refractivity contribution in [2.75, 3.05) is 24.3 Å². The Hall–Kier alpha value is -1.60. The number of hydrogen-bond acceptors (Lipinski definition) is 5. The number of para-hydroxylation sites is 1. The lowest BCUT2D eigenvalue weighted by Gasteiger charge is -2.23. The van der Waals surface area contributed by atoms with Gasteiger partial charge in [-0.3, -0.25) is 9.69 Å². The Morgan fingerprint density at radius 1 is 1.33 bits per heavy atom. The third-order valence-corrected chi connectivity index (χ3v) is 6.63. The molecule has 1 atom stereocenters. The lowest BCUT2D eigenvalue weighted by molar-refractivity contribution is 0.0917. The largest absolute Gasteiger partial charge is 0.376 e. The number of carbonyl (C=O) groups excluding carboxylic acids is 1. The monoisotopic (exact) mass is 418 g/mol. The summed E-state index contributed by atoms with van der Waals surface area (Å²) >= 11 is 9.19. The number of ether oxygens (including phenoxy) is 1. The zero-order valence-electron chi connectivity index (χ0n) is 14.9. The third-order valence-electron chi connectivity index (χ3n) is 4.57. The fourth-order valence-electron chi connectivity index (χ4n) is 3.18. The second-order valence-corrected chi connectivity index (χ2v) is 8.65. The first kappa shape index (κ1) is 18.7. The van der Waals surface area contributed by atoms with Gasteiger partial charge in [0, 0.05) is 22.1 Å². The maximum Gasteiger partial charge on any atom is 0.260 e. The van der Waals surface area contributed by atoms with Crippen molar-refractivity contribution in [3.8, 4) is 0 Å². The van der Waals surface area contributed by atoms with Crippen molar-refractivity contribution in [3.05, 3.63) is 53.1 Å². The van der Waals surface area contributed by atoms with Gasteiger partial charge in [-0.2, -0.15) is 0 Å². The van der Waals surface area contributed by atoms with Gasteiger partial charge in [-0.1, -0.05) is 29.0 Å². The van der Waals surface area contributed by atoms with Crippen LogP contribution in [0.2, 0.25) is 5.02 Å². The van der Waals surface area contributed by atoms with Crippen molar-refractivity contribution >= 4 is 56.0 Å². The van der Waals surface area contributed by atoms with Crippen LogP contribution in [0.4, 0.5) is 5.13 Å². The molecule has 140 valence electrons. The first-order chi connectivity index (χ1) is 13.2. The van der Waals surface area contributed by atoms with Gasteiger partial charge in [0.1, 0.15) is 0 Å². The van der Waals surface area contributed by atoms with Crippen molar-refractivity contribution in [1.82, 2.24) is 4.98 Å². The number of amides is 1. The number of thioether (sulfide) groups is 1. The Morgan fingerprint density at radius 3 is 2.85 bits per heavy atom. The number of rotatable bonds is 5. The molecule has 0 radical (unpaired) electrons. The van der Waals surface area contributed by atoms with Gasteiger partial charge in [-0.25, -0.2) is 4.98 Å². The van der Waals surface area contributed by atoms with Gasteiger partial charge in [0.25, 0.3) is 5.91 Å². The second kappa shape index (κ2) is 8.19. The summed E-state index contributed by atoms with van der Waals surface area (Å²) in [6.07, 6.45) is 4.08. The van der Waals surface area contributed by atoms with Crippen molar-refractivity contribution in [1.29, 1.82) is 0 Å². The van der Waals surface area contributed by atoms with Crippen LogP contribution in [0.15, 0.2) is 47.4 Å². The number of fused-ring (bicyclic) bond motifs is 1. The van der Waals surface area contributed by atoms with Gasteiger partial charge in [-0.05, 0) is 55.5 Å². The maximum atomic E-state index is 13.3. The van der Waals surface area contributed by atoms with E-state index in [4.69, 9.17) is 21.3 Å². The van der Waals surface area contributed by atoms with Crippen LogP contribution >= 0.6 is 34.7 Å². The van der Waals surface area contributed by atoms with E-state index in [2.05, 4.69) is 6.07 Å². The molecule has 1 aromatic heterocycles. The van der Waals surface area contributed by atoms with Crippen LogP contribution < -0.4 is 4.90 Å². The molecule has 27 heavy (non-hydrogen) atoms. The van der Waals surface area contributed by atoms with E-state index in [0.29, 0.717) is 22.3 Å². The van der Waals surface area contributed by atoms with Crippen molar-refractivity contribution < 1.29 is 9.53 Å². The highest BCUT2D eigenvalue weighted by atomic mass is 35.5. The highest BCUT2D eigenvalue weighted by Crippen LogP contribution is 2.35. The Kier molecular flexibility index (Phi) is 5.68. The smallest absolute Gasteiger partial charge is 0.260 e. The van der Waals surface area contributed by atoms with Gasteiger partial charge in [0.05, 0.1) is 22.9 Å². The van der Waals surface area contributed by atoms with Crippen LogP contribution in [0.3, 0.4) is 0 Å². The van der Waals surface area contributed by atoms with E-state index < -0.39 is 0 Å². The highest BCUT2D eigenvalue weighted by Gasteiger charge is 2.27. The molecule has 1 aliphatic rings. The SMILES string of the molecule is CSc1cccc2sc(N(C[C@@H]3CCCO3)C(=O)c3ccc(Cl)cc3)nc12. The summed E-state index contributed by atoms with van der Waals surface area (Å²) in [5.74, 6) is -0.0769. The number of benzene rings is 2. The number of thiazole rings is 1. The Labute approximate surface area is 171 Å². The summed E-state index contributed by atoms with van der Waals surface area (Å²) in [5, 5.41) is 1.32. The predicted molar refractivity (Wildman–Crippen MR) is 114 cm³/mol. The molecular formula is C20H19ClN2O2S2. The normalized spacial score (nSPS) is 16.7. The Morgan fingerprint density at radius 2 is 2.15 bits per heavy atom. The number of anilines is 1. The molecule has 0 bridgehead atoms. The minimum atomic E-state index is -0.0769. The zero-order chi connectivity index (χ0) is 18.8. The van der Waals surface area contributed by atoms with E-state index in [9.17, 15) is 4.79 Å². The quantitative estimate of drug-likeness (QED) is 0.513. The van der Waals surface area contributed by atoms with Gasteiger partial charge < -0.3 is 4.74 Å². The van der Waals surface area contributed by atoms with E-state index in [0.717, 1.165) is 34.6 Å². The summed E-state index contributed by atoms with van der Waals surface area (Å²) in [7, 11) is 0. The number of carbonyl (C=O) groups is 1. The van der Waals surface area contributed by atoms with E-state index in [1.165, 1.54) is 0 Å². The van der Waals surface area contributed by atoms with Crippen LogP contribution in [-0.4, -0.2) is 36.4 Å². The van der Waals surface area contributed by atoms with E-state index in [-0.39, 0.29) is 12.0 Å². The highest BCUT2D eigenvalue weighted by molar-refractivity contribution is 7.98. The molecule has 1 saturated heterocycles. The molecule has 1 aliphatic heterocycles. The van der Waals surface area contributed by atoms with E-state index in [1.807, 2.05) is 18.4 Å². The molecule has 7 heteroatoms. The maximum absolute atomic E-state index is 13.3. The average Bonchev–Trinajstić information content (AvgIpc) is 3.35. The molecule has 2 heterocycles. The molecule has 0 saturated carbocycles. The third kappa shape index (κ3) is 3.99. The minimum Gasteiger partial charge on any atom is -0.376 e. The number of nitrogens with zero attached hydrogens (tertiary/aromatic N) is 2. The molecule has 0 N–H and O–H groups in total. The Bertz CT molecular complexity index is 952. The van der Waals surface area contributed by atoms with Gasteiger partial charge in [0.2, 0.25) is 0 Å². The molecule has 1 amide bonds. The molecule has 0 spiro atoms. The first-order valence-electron chi connectivity index (χ1n) is 8.78. The zero-order valence-corrected chi connectivity index (χ0v) is 17.2. The van der Waals surface area contributed by atoms with E-state index in [1.54, 1.807) is 52.3 Å². The number of hydrogen-bond donors (Lipinski definition) is 0. The van der Waals surface area contributed by atoms with Crippen LogP contribution in [0.25, 0.3) is 10.2 Å². The second-order valence-electron chi connectivity index (χ2n) is 6.36. The minimum absolute atomic E-state index is 0.0493. The predicted octanol–water partition coefficient (Wildman–Crippen LogP) is 5.50. The lowest BCUT2D eigenvalue weighted by Crippen LogP contribution is -2.37. The van der Waals surface area contributed by atoms with Gasteiger partial charge in [0.15, 0.2) is 5.13 Å². The summed E-state index contributed by atoms with van der Waals surface area (Å²) in [4.78, 5) is 21.0. The van der Waals surface area contributed by atoms with Crippen molar-refractivity contribution in [3.63, 3.8) is 0 Å². The fraction of sp³-hybridized carbons (Fsp3) is 0.300.